The van der Waals surface area contributed by atoms with Gasteiger partial charge in [-0.25, -0.2) is 0 Å². The summed E-state index contributed by atoms with van der Waals surface area (Å²) in [4.78, 5) is 2.47. The summed E-state index contributed by atoms with van der Waals surface area (Å²) < 4.78 is 0. The van der Waals surface area contributed by atoms with Crippen molar-refractivity contribution in [1.29, 1.82) is 0 Å². The van der Waals surface area contributed by atoms with Gasteiger partial charge >= 0.3 is 0 Å². The van der Waals surface area contributed by atoms with Gasteiger partial charge in [-0.3, -0.25) is 0 Å². The molecular formula is C14H32N2. The maximum Gasteiger partial charge on any atom is 0.0107 e. The molecule has 0 aliphatic heterocycles. The van der Waals surface area contributed by atoms with Crippen molar-refractivity contribution in [1.82, 2.24) is 10.2 Å². The molecule has 0 amide bonds. The monoisotopic (exact) mass is 228 g/mol. The third kappa shape index (κ3) is 8.12. The van der Waals surface area contributed by atoms with E-state index in [0.29, 0.717) is 0 Å². The summed E-state index contributed by atoms with van der Waals surface area (Å²) in [6.45, 7) is 14.9. The molecule has 0 aromatic heterocycles. The van der Waals surface area contributed by atoms with Crippen LogP contribution in [0.1, 0.15) is 53.4 Å². The minimum Gasteiger partial charge on any atom is -0.315 e. The van der Waals surface area contributed by atoms with E-state index >= 15 is 0 Å². The van der Waals surface area contributed by atoms with E-state index in [2.05, 4.69) is 37.9 Å². The van der Waals surface area contributed by atoms with E-state index in [1.807, 2.05) is 0 Å². The molecule has 0 radical (unpaired) electrons. The Balaban J connectivity index is 3.52. The molecule has 0 aliphatic rings. The standard InChI is InChI=1S/C14H32N2/c1-5-9-14(10-6-2)13-15-11-12-16(7-3)8-4/h14-15H,5-13H2,1-4H3. The first-order valence-corrected chi connectivity index (χ1v) is 7.21. The van der Waals surface area contributed by atoms with E-state index in [1.54, 1.807) is 0 Å². The molecule has 16 heavy (non-hydrogen) atoms. The fourth-order valence-electron chi connectivity index (χ4n) is 2.25. The van der Waals surface area contributed by atoms with E-state index in [1.165, 1.54) is 51.9 Å². The second-order valence-electron chi connectivity index (χ2n) is 4.67. The highest BCUT2D eigenvalue weighted by atomic mass is 15.1. The van der Waals surface area contributed by atoms with Crippen molar-refractivity contribution in [3.05, 3.63) is 0 Å². The number of rotatable bonds is 11. The molecule has 0 heterocycles. The van der Waals surface area contributed by atoms with E-state index in [-0.39, 0.29) is 0 Å². The molecule has 0 aromatic carbocycles. The van der Waals surface area contributed by atoms with Crippen LogP contribution in [-0.4, -0.2) is 37.6 Å². The van der Waals surface area contributed by atoms with Gasteiger partial charge in [-0.15, -0.1) is 0 Å². The van der Waals surface area contributed by atoms with Crippen molar-refractivity contribution in [2.24, 2.45) is 5.92 Å². The molecule has 0 rings (SSSR count). The summed E-state index contributed by atoms with van der Waals surface area (Å²) in [7, 11) is 0. The maximum atomic E-state index is 3.61. The first kappa shape index (κ1) is 15.9. The zero-order valence-corrected chi connectivity index (χ0v) is 11.9. The Morgan fingerprint density at radius 1 is 0.938 bits per heavy atom. The van der Waals surface area contributed by atoms with Gasteiger partial charge in [0.25, 0.3) is 0 Å². The SMILES string of the molecule is CCCC(CCC)CNCCN(CC)CC. The fraction of sp³-hybridized carbons (Fsp3) is 1.00. The van der Waals surface area contributed by atoms with E-state index < -0.39 is 0 Å². The highest BCUT2D eigenvalue weighted by molar-refractivity contribution is 4.63. The van der Waals surface area contributed by atoms with Gasteiger partial charge in [-0.05, 0) is 38.4 Å². The van der Waals surface area contributed by atoms with Crippen LogP contribution in [0.4, 0.5) is 0 Å². The van der Waals surface area contributed by atoms with Crippen LogP contribution in [0.15, 0.2) is 0 Å². The van der Waals surface area contributed by atoms with Crippen molar-refractivity contribution < 1.29 is 0 Å². The summed E-state index contributed by atoms with van der Waals surface area (Å²) in [5, 5.41) is 3.61. The van der Waals surface area contributed by atoms with Gasteiger partial charge in [0.05, 0.1) is 0 Å². The van der Waals surface area contributed by atoms with Crippen molar-refractivity contribution in [3.63, 3.8) is 0 Å². The average molecular weight is 228 g/mol. The Morgan fingerprint density at radius 3 is 1.94 bits per heavy atom. The van der Waals surface area contributed by atoms with Gasteiger partial charge in [0.2, 0.25) is 0 Å². The van der Waals surface area contributed by atoms with E-state index in [0.717, 1.165) is 12.5 Å². The second-order valence-corrected chi connectivity index (χ2v) is 4.67. The molecule has 0 unspecified atom stereocenters. The zero-order chi connectivity index (χ0) is 12.2. The summed E-state index contributed by atoms with van der Waals surface area (Å²) in [5.41, 5.74) is 0. The van der Waals surface area contributed by atoms with Crippen LogP contribution in [0.5, 0.6) is 0 Å². The highest BCUT2D eigenvalue weighted by Gasteiger charge is 2.06. The summed E-state index contributed by atoms with van der Waals surface area (Å²) in [6, 6.07) is 0. The molecule has 0 bridgehead atoms. The van der Waals surface area contributed by atoms with Crippen LogP contribution >= 0.6 is 0 Å². The van der Waals surface area contributed by atoms with Gasteiger partial charge in [0.15, 0.2) is 0 Å². The quantitative estimate of drug-likeness (QED) is 0.547. The predicted octanol–water partition coefficient (Wildman–Crippen LogP) is 3.13. The van der Waals surface area contributed by atoms with Gasteiger partial charge in [-0.2, -0.15) is 0 Å². The number of likely N-dealkylation sites (N-methyl/N-ethyl adjacent to an activating group) is 1. The van der Waals surface area contributed by atoms with Crippen molar-refractivity contribution in [2.45, 2.75) is 53.4 Å². The molecule has 0 saturated carbocycles. The number of nitrogens with one attached hydrogen (secondary N) is 1. The third-order valence-electron chi connectivity index (χ3n) is 3.33. The average Bonchev–Trinajstić information content (AvgIpc) is 2.30. The third-order valence-corrected chi connectivity index (χ3v) is 3.33. The van der Waals surface area contributed by atoms with Crippen LogP contribution in [-0.2, 0) is 0 Å². The van der Waals surface area contributed by atoms with Crippen molar-refractivity contribution >= 4 is 0 Å². The maximum absolute atomic E-state index is 3.61. The molecule has 0 atom stereocenters. The molecular weight excluding hydrogens is 196 g/mol. The first-order valence-electron chi connectivity index (χ1n) is 7.21. The smallest absolute Gasteiger partial charge is 0.0107 e. The molecule has 2 heteroatoms. The predicted molar refractivity (Wildman–Crippen MR) is 74.0 cm³/mol. The second kappa shape index (κ2) is 11.4. The van der Waals surface area contributed by atoms with E-state index in [9.17, 15) is 0 Å². The molecule has 1 N–H and O–H groups in total. The molecule has 0 aromatic rings. The first-order chi connectivity index (χ1) is 7.78. The minimum atomic E-state index is 0.895. The lowest BCUT2D eigenvalue weighted by atomic mass is 9.98. The van der Waals surface area contributed by atoms with Crippen LogP contribution in [0.25, 0.3) is 0 Å². The lowest BCUT2D eigenvalue weighted by molar-refractivity contribution is 0.296. The van der Waals surface area contributed by atoms with Crippen LogP contribution in [0.2, 0.25) is 0 Å². The topological polar surface area (TPSA) is 15.3 Å². The van der Waals surface area contributed by atoms with Gasteiger partial charge in [-0.1, -0.05) is 40.5 Å². The molecule has 2 nitrogen and oxygen atoms in total. The van der Waals surface area contributed by atoms with Crippen molar-refractivity contribution in [2.75, 3.05) is 32.7 Å². The largest absolute Gasteiger partial charge is 0.315 e. The Bertz CT molecular complexity index is 127. The normalized spacial score (nSPS) is 11.6. The Labute approximate surface area is 103 Å². The van der Waals surface area contributed by atoms with Crippen LogP contribution < -0.4 is 5.32 Å². The molecule has 0 aliphatic carbocycles. The Morgan fingerprint density at radius 2 is 1.50 bits per heavy atom. The molecule has 0 spiro atoms. The molecule has 0 saturated heterocycles. The lowest BCUT2D eigenvalue weighted by Crippen LogP contribution is -2.34. The lowest BCUT2D eigenvalue weighted by Gasteiger charge is -2.20. The number of nitrogens with zero attached hydrogens (tertiary/aromatic N) is 1. The van der Waals surface area contributed by atoms with Gasteiger partial charge in [0.1, 0.15) is 0 Å². The zero-order valence-electron chi connectivity index (χ0n) is 11.9. The fourth-order valence-corrected chi connectivity index (χ4v) is 2.25. The highest BCUT2D eigenvalue weighted by Crippen LogP contribution is 2.11. The summed E-state index contributed by atoms with van der Waals surface area (Å²) in [5.74, 6) is 0.895. The Kier molecular flexibility index (Phi) is 11.3. The minimum absolute atomic E-state index is 0.895. The van der Waals surface area contributed by atoms with Gasteiger partial charge in [0, 0.05) is 13.1 Å². The molecule has 0 fully saturated rings. The number of hydrogen-bond donors (Lipinski definition) is 1. The van der Waals surface area contributed by atoms with Crippen LogP contribution in [0, 0.1) is 5.92 Å². The number of hydrogen-bond acceptors (Lipinski definition) is 2. The summed E-state index contributed by atoms with van der Waals surface area (Å²) in [6.07, 6.45) is 5.41. The Hall–Kier alpha value is -0.0800. The molecule has 98 valence electrons. The summed E-state index contributed by atoms with van der Waals surface area (Å²) >= 11 is 0. The van der Waals surface area contributed by atoms with E-state index in [4.69, 9.17) is 0 Å². The van der Waals surface area contributed by atoms with Gasteiger partial charge < -0.3 is 10.2 Å². The van der Waals surface area contributed by atoms with Crippen molar-refractivity contribution in [3.8, 4) is 0 Å². The van der Waals surface area contributed by atoms with Crippen LogP contribution in [0.3, 0.4) is 0 Å².